The Labute approximate surface area is 196 Å². The first-order valence-corrected chi connectivity index (χ1v) is 12.2. The van der Waals surface area contributed by atoms with Gasteiger partial charge < -0.3 is 9.64 Å². The topological polar surface area (TPSA) is 50.1 Å². The number of carbonyl (C=O) groups is 1. The monoisotopic (exact) mass is 446 g/mol. The molecular weight excluding hydrogens is 412 g/mol. The van der Waals surface area contributed by atoms with Crippen LogP contribution in [-0.4, -0.2) is 64.7 Å². The van der Waals surface area contributed by atoms with Crippen molar-refractivity contribution in [3.63, 3.8) is 0 Å². The highest BCUT2D eigenvalue weighted by atomic mass is 16.5. The number of benzene rings is 1. The van der Waals surface area contributed by atoms with Crippen LogP contribution in [-0.2, 0) is 22.5 Å². The minimum atomic E-state index is -0.284. The average molecular weight is 447 g/mol. The van der Waals surface area contributed by atoms with Crippen molar-refractivity contribution >= 4 is 11.4 Å². The molecule has 0 N–H and O–H groups in total. The summed E-state index contributed by atoms with van der Waals surface area (Å²) in [5.74, 6) is 0.597. The van der Waals surface area contributed by atoms with Crippen LogP contribution in [0, 0.1) is 11.3 Å². The Balaban J connectivity index is 1.22. The van der Waals surface area contributed by atoms with E-state index in [-0.39, 0.29) is 5.41 Å². The van der Waals surface area contributed by atoms with Gasteiger partial charge in [-0.05, 0) is 55.6 Å². The van der Waals surface area contributed by atoms with Gasteiger partial charge in [-0.2, -0.15) is 5.10 Å². The van der Waals surface area contributed by atoms with Crippen LogP contribution in [0.4, 0.5) is 0 Å². The highest BCUT2D eigenvalue weighted by molar-refractivity contribution is 5.82. The van der Waals surface area contributed by atoms with Crippen molar-refractivity contribution in [3.05, 3.63) is 72.1 Å². The summed E-state index contributed by atoms with van der Waals surface area (Å²) in [4.78, 5) is 18.3. The molecule has 1 aromatic carbocycles. The number of fused-ring (bicyclic) bond motifs is 1. The number of hydrogen-bond acceptors (Lipinski definition) is 4. The van der Waals surface area contributed by atoms with Crippen molar-refractivity contribution in [2.75, 3.05) is 39.4 Å². The second kappa shape index (κ2) is 9.65. The molecule has 2 fully saturated rings. The maximum absolute atomic E-state index is 13.7. The van der Waals surface area contributed by atoms with Crippen LogP contribution in [0.25, 0.3) is 5.52 Å². The Kier molecular flexibility index (Phi) is 6.47. The molecule has 2 aliphatic heterocycles. The maximum Gasteiger partial charge on any atom is 0.228 e. The number of piperidine rings is 1. The molecule has 6 heteroatoms. The summed E-state index contributed by atoms with van der Waals surface area (Å²) in [6.07, 6.45) is 6.53. The molecule has 1 amide bonds. The van der Waals surface area contributed by atoms with Crippen molar-refractivity contribution in [1.82, 2.24) is 19.4 Å². The average Bonchev–Trinajstić information content (AvgIpc) is 3.21. The van der Waals surface area contributed by atoms with Crippen LogP contribution < -0.4 is 0 Å². The molecule has 6 nitrogen and oxygen atoms in total. The van der Waals surface area contributed by atoms with Gasteiger partial charge >= 0.3 is 0 Å². The number of pyridine rings is 1. The SMILES string of the molecule is CC1(C(=O)N2CCOC[C@H](Cc3cccn4nccc34)C2)CCN(Cc2ccccc2)CC1. The number of likely N-dealkylation sites (tertiary alicyclic amines) is 1. The molecule has 0 spiro atoms. The van der Waals surface area contributed by atoms with E-state index < -0.39 is 0 Å². The second-order valence-electron chi connectivity index (χ2n) is 9.91. The first-order valence-electron chi connectivity index (χ1n) is 12.2. The number of aromatic nitrogens is 2. The smallest absolute Gasteiger partial charge is 0.228 e. The van der Waals surface area contributed by atoms with Crippen molar-refractivity contribution in [1.29, 1.82) is 0 Å². The van der Waals surface area contributed by atoms with Crippen LogP contribution in [0.15, 0.2) is 60.9 Å². The minimum absolute atomic E-state index is 0.284. The van der Waals surface area contributed by atoms with E-state index in [9.17, 15) is 4.79 Å². The van der Waals surface area contributed by atoms with Gasteiger partial charge in [-0.25, -0.2) is 4.52 Å². The van der Waals surface area contributed by atoms with Crippen LogP contribution >= 0.6 is 0 Å². The third kappa shape index (κ3) is 4.97. The molecule has 0 bridgehead atoms. The maximum atomic E-state index is 13.7. The second-order valence-corrected chi connectivity index (χ2v) is 9.91. The zero-order chi connectivity index (χ0) is 22.7. The zero-order valence-electron chi connectivity index (χ0n) is 19.5. The lowest BCUT2D eigenvalue weighted by atomic mass is 9.78. The molecule has 4 heterocycles. The van der Waals surface area contributed by atoms with E-state index >= 15 is 0 Å². The molecule has 0 aliphatic carbocycles. The Morgan fingerprint density at radius 2 is 1.91 bits per heavy atom. The van der Waals surface area contributed by atoms with E-state index in [0.717, 1.165) is 51.0 Å². The highest BCUT2D eigenvalue weighted by Crippen LogP contribution is 2.34. The Morgan fingerprint density at radius 3 is 2.73 bits per heavy atom. The minimum Gasteiger partial charge on any atom is -0.379 e. The van der Waals surface area contributed by atoms with Gasteiger partial charge in [-0.15, -0.1) is 0 Å². The van der Waals surface area contributed by atoms with Crippen molar-refractivity contribution in [2.24, 2.45) is 11.3 Å². The van der Waals surface area contributed by atoms with E-state index in [2.05, 4.69) is 64.3 Å². The molecule has 2 aromatic heterocycles. The van der Waals surface area contributed by atoms with E-state index in [1.54, 1.807) is 0 Å². The third-order valence-corrected chi connectivity index (χ3v) is 7.38. The van der Waals surface area contributed by atoms with Crippen LogP contribution in [0.3, 0.4) is 0 Å². The zero-order valence-corrected chi connectivity index (χ0v) is 19.5. The molecule has 0 saturated carbocycles. The van der Waals surface area contributed by atoms with Crippen molar-refractivity contribution in [3.8, 4) is 0 Å². The lowest BCUT2D eigenvalue weighted by Crippen LogP contribution is -2.50. The fraction of sp³-hybridized carbons (Fsp3) is 0.481. The van der Waals surface area contributed by atoms with Gasteiger partial charge in [0, 0.05) is 43.4 Å². The lowest BCUT2D eigenvalue weighted by Gasteiger charge is -2.41. The summed E-state index contributed by atoms with van der Waals surface area (Å²) in [6, 6.07) is 16.9. The van der Waals surface area contributed by atoms with Gasteiger partial charge in [0.2, 0.25) is 5.91 Å². The molecule has 3 aromatic rings. The number of amides is 1. The fourth-order valence-electron chi connectivity index (χ4n) is 5.33. The molecular formula is C27H34N4O2. The number of rotatable bonds is 5. The van der Waals surface area contributed by atoms with E-state index in [1.807, 2.05) is 23.0 Å². The van der Waals surface area contributed by atoms with E-state index in [4.69, 9.17) is 4.74 Å². The molecule has 33 heavy (non-hydrogen) atoms. The van der Waals surface area contributed by atoms with Crippen molar-refractivity contribution < 1.29 is 9.53 Å². The van der Waals surface area contributed by atoms with E-state index in [0.29, 0.717) is 31.6 Å². The quantitative estimate of drug-likeness (QED) is 0.600. The summed E-state index contributed by atoms with van der Waals surface area (Å²) in [5.41, 5.74) is 3.46. The van der Waals surface area contributed by atoms with Crippen LogP contribution in [0.5, 0.6) is 0 Å². The Bertz CT molecular complexity index is 1070. The van der Waals surface area contributed by atoms with Crippen LogP contribution in [0.2, 0.25) is 0 Å². The van der Waals surface area contributed by atoms with Crippen LogP contribution in [0.1, 0.15) is 30.9 Å². The normalized spacial score (nSPS) is 21.7. The first kappa shape index (κ1) is 22.1. The van der Waals surface area contributed by atoms with Gasteiger partial charge in [-0.3, -0.25) is 9.69 Å². The summed E-state index contributed by atoms with van der Waals surface area (Å²) in [7, 11) is 0. The van der Waals surface area contributed by atoms with Gasteiger partial charge in [0.05, 0.1) is 18.7 Å². The molecule has 174 valence electrons. The Morgan fingerprint density at radius 1 is 1.09 bits per heavy atom. The number of nitrogens with zero attached hydrogens (tertiary/aromatic N) is 4. The summed E-state index contributed by atoms with van der Waals surface area (Å²) >= 11 is 0. The molecule has 0 unspecified atom stereocenters. The summed E-state index contributed by atoms with van der Waals surface area (Å²) in [6.45, 7) is 7.83. The Hall–Kier alpha value is -2.70. The van der Waals surface area contributed by atoms with Gasteiger partial charge in [0.25, 0.3) is 0 Å². The fourth-order valence-corrected chi connectivity index (χ4v) is 5.33. The van der Waals surface area contributed by atoms with Crippen molar-refractivity contribution in [2.45, 2.75) is 32.7 Å². The predicted molar refractivity (Wildman–Crippen MR) is 129 cm³/mol. The molecule has 2 saturated heterocycles. The summed E-state index contributed by atoms with van der Waals surface area (Å²) < 4.78 is 7.85. The van der Waals surface area contributed by atoms with Gasteiger partial charge in [-0.1, -0.05) is 43.3 Å². The highest BCUT2D eigenvalue weighted by Gasteiger charge is 2.40. The number of ether oxygens (including phenoxy) is 1. The predicted octanol–water partition coefficient (Wildman–Crippen LogP) is 3.65. The number of hydrogen-bond donors (Lipinski definition) is 0. The molecule has 5 rings (SSSR count). The largest absolute Gasteiger partial charge is 0.379 e. The summed E-state index contributed by atoms with van der Waals surface area (Å²) in [5, 5.41) is 4.35. The molecule has 1 atom stereocenters. The lowest BCUT2D eigenvalue weighted by molar-refractivity contribution is -0.144. The number of carbonyl (C=O) groups excluding carboxylic acids is 1. The first-order chi connectivity index (χ1) is 16.1. The van der Waals surface area contributed by atoms with Gasteiger partial charge in [0.15, 0.2) is 0 Å². The van der Waals surface area contributed by atoms with Gasteiger partial charge in [0.1, 0.15) is 0 Å². The molecule has 2 aliphatic rings. The molecule has 0 radical (unpaired) electrons. The third-order valence-electron chi connectivity index (χ3n) is 7.38. The standard InChI is InChI=1S/C27H34N4O2/c1-27(10-14-29(15-11-27)19-22-6-3-2-4-7-22)26(32)30-16-17-33-21-23(20-30)18-24-8-5-13-31-25(24)9-12-28-31/h2-9,12-13,23H,10-11,14-21H2,1H3/t23-/m1/s1. The van der Waals surface area contributed by atoms with E-state index in [1.165, 1.54) is 11.1 Å².